The van der Waals surface area contributed by atoms with Crippen LogP contribution in [0.3, 0.4) is 0 Å². The first kappa shape index (κ1) is 19.7. The molecule has 2 nitrogen and oxygen atoms in total. The summed E-state index contributed by atoms with van der Waals surface area (Å²) < 4.78 is 7.23. The molecule has 1 atom stereocenters. The number of rotatable bonds is 7. The summed E-state index contributed by atoms with van der Waals surface area (Å²) in [6, 6.07) is 18.7. The monoisotopic (exact) mass is 447 g/mol. The van der Waals surface area contributed by atoms with E-state index >= 15 is 0 Å². The Morgan fingerprint density at radius 1 is 1.00 bits per heavy atom. The van der Waals surface area contributed by atoms with Gasteiger partial charge in [-0.1, -0.05) is 74.3 Å². The minimum absolute atomic E-state index is 0. The first-order valence-corrected chi connectivity index (χ1v) is 8.78. The minimum Gasteiger partial charge on any atom is -0.367 e. The fraction of sp³-hybridized carbons (Fsp3) is 0.294. The Hall–Kier alpha value is -0.390. The Morgan fingerprint density at radius 2 is 1.59 bits per heavy atom. The number of alkyl halides is 1. The fourth-order valence-electron chi connectivity index (χ4n) is 2.04. The van der Waals surface area contributed by atoms with E-state index in [1.165, 1.54) is 11.1 Å². The molecule has 2 aromatic carbocycles. The zero-order valence-corrected chi connectivity index (χ0v) is 16.4. The topological polar surface area (TPSA) is 12.5 Å². The van der Waals surface area contributed by atoms with Gasteiger partial charge in [-0.15, -0.1) is 12.4 Å². The second-order valence-electron chi connectivity index (χ2n) is 4.91. The van der Waals surface area contributed by atoms with E-state index in [1.54, 1.807) is 0 Å². The van der Waals surface area contributed by atoms with Gasteiger partial charge in [0.2, 0.25) is 0 Å². The first-order valence-electron chi connectivity index (χ1n) is 6.87. The third-order valence-electron chi connectivity index (χ3n) is 3.24. The molecule has 22 heavy (non-hydrogen) atoms. The first-order chi connectivity index (χ1) is 10.2. The molecule has 0 spiro atoms. The lowest BCUT2D eigenvalue weighted by Gasteiger charge is -2.21. The van der Waals surface area contributed by atoms with E-state index in [0.717, 1.165) is 16.5 Å². The highest BCUT2D eigenvalue weighted by Gasteiger charge is 2.14. The summed E-state index contributed by atoms with van der Waals surface area (Å²) in [4.78, 5) is 2.17. The van der Waals surface area contributed by atoms with Crippen LogP contribution in [0.2, 0.25) is 0 Å². The highest BCUT2D eigenvalue weighted by molar-refractivity contribution is 9.10. The summed E-state index contributed by atoms with van der Waals surface area (Å²) in [7, 11) is 2.06. The summed E-state index contributed by atoms with van der Waals surface area (Å²) >= 11 is 6.92. The third-order valence-corrected chi connectivity index (χ3v) is 4.62. The maximum Gasteiger partial charge on any atom is 0.108 e. The van der Waals surface area contributed by atoms with Crippen LogP contribution in [-0.4, -0.2) is 30.6 Å². The maximum absolute atomic E-state index is 6.15. The lowest BCUT2D eigenvalue weighted by molar-refractivity contribution is 0.0680. The maximum atomic E-state index is 6.15. The van der Waals surface area contributed by atoms with Crippen molar-refractivity contribution in [3.05, 3.63) is 70.2 Å². The van der Waals surface area contributed by atoms with E-state index in [0.29, 0.717) is 6.61 Å². The predicted molar refractivity (Wildman–Crippen MR) is 102 cm³/mol. The van der Waals surface area contributed by atoms with Crippen LogP contribution in [0.25, 0.3) is 0 Å². The van der Waals surface area contributed by atoms with Gasteiger partial charge >= 0.3 is 0 Å². The van der Waals surface area contributed by atoms with Crippen molar-refractivity contribution in [2.75, 3.05) is 25.7 Å². The Kier molecular flexibility index (Phi) is 9.29. The highest BCUT2D eigenvalue weighted by Crippen LogP contribution is 2.27. The van der Waals surface area contributed by atoms with E-state index in [9.17, 15) is 0 Å². The van der Waals surface area contributed by atoms with Crippen molar-refractivity contribution in [1.82, 2.24) is 4.90 Å². The summed E-state index contributed by atoms with van der Waals surface area (Å²) in [5, 5.41) is 0. The molecule has 120 valence electrons. The van der Waals surface area contributed by atoms with Crippen molar-refractivity contribution in [1.29, 1.82) is 0 Å². The zero-order chi connectivity index (χ0) is 15.1. The van der Waals surface area contributed by atoms with E-state index in [2.05, 4.69) is 92.3 Å². The van der Waals surface area contributed by atoms with Gasteiger partial charge in [0.15, 0.2) is 0 Å². The van der Waals surface area contributed by atoms with E-state index in [1.807, 2.05) is 6.07 Å². The number of nitrogens with zero attached hydrogens (tertiary/aromatic N) is 1. The average molecular weight is 450 g/mol. The van der Waals surface area contributed by atoms with Crippen LogP contribution >= 0.6 is 44.3 Å². The van der Waals surface area contributed by atoms with Gasteiger partial charge in [-0.2, -0.15) is 0 Å². The molecule has 2 aromatic rings. The molecule has 0 aliphatic carbocycles. The standard InChI is InChI=1S/C17H19Br2NO.ClH/c1-20(13-18)11-12-21-17(14-5-3-2-4-6-14)15-7-9-16(19)10-8-15;/h2-10,17H,11-13H2,1H3;1H. The molecule has 0 heterocycles. The van der Waals surface area contributed by atoms with Gasteiger partial charge < -0.3 is 4.74 Å². The molecule has 0 saturated carbocycles. The van der Waals surface area contributed by atoms with Crippen molar-refractivity contribution in [2.24, 2.45) is 0 Å². The van der Waals surface area contributed by atoms with Gasteiger partial charge in [0, 0.05) is 11.0 Å². The molecule has 0 aliphatic rings. The Labute approximate surface area is 155 Å². The number of hydrogen-bond donors (Lipinski definition) is 0. The molecule has 0 saturated heterocycles. The number of ether oxygens (including phenoxy) is 1. The molecular weight excluding hydrogens is 429 g/mol. The van der Waals surface area contributed by atoms with E-state index in [-0.39, 0.29) is 18.5 Å². The Bertz CT molecular complexity index is 536. The third kappa shape index (κ3) is 6.01. The van der Waals surface area contributed by atoms with Crippen LogP contribution in [-0.2, 0) is 4.74 Å². The van der Waals surface area contributed by atoms with Crippen LogP contribution in [0.5, 0.6) is 0 Å². The molecule has 0 aliphatic heterocycles. The molecule has 2 rings (SSSR count). The molecule has 0 N–H and O–H groups in total. The predicted octanol–water partition coefficient (Wildman–Crippen LogP) is 5.26. The molecule has 5 heteroatoms. The number of halogens is 3. The van der Waals surface area contributed by atoms with Gasteiger partial charge in [-0.05, 0) is 30.3 Å². The fourth-order valence-corrected chi connectivity index (χ4v) is 2.55. The lowest BCUT2D eigenvalue weighted by atomic mass is 10.0. The SMILES string of the molecule is CN(CBr)CCOC(c1ccccc1)c1ccc(Br)cc1.Cl. The molecule has 0 fully saturated rings. The minimum atomic E-state index is -0.0250. The molecule has 0 aromatic heterocycles. The Balaban J connectivity index is 0.00000242. The number of hydrogen-bond acceptors (Lipinski definition) is 2. The van der Waals surface area contributed by atoms with Crippen LogP contribution in [0, 0.1) is 0 Å². The summed E-state index contributed by atoms with van der Waals surface area (Å²) in [6.07, 6.45) is -0.0250. The van der Waals surface area contributed by atoms with Gasteiger partial charge in [0.05, 0.1) is 12.1 Å². The van der Waals surface area contributed by atoms with Gasteiger partial charge in [-0.25, -0.2) is 0 Å². The molecule has 0 bridgehead atoms. The normalized spacial score (nSPS) is 12.0. The van der Waals surface area contributed by atoms with Gasteiger partial charge in [0.1, 0.15) is 6.10 Å². The van der Waals surface area contributed by atoms with E-state index in [4.69, 9.17) is 4.74 Å². The summed E-state index contributed by atoms with van der Waals surface area (Å²) in [5.41, 5.74) is 3.21. The highest BCUT2D eigenvalue weighted by atomic mass is 79.9. The molecule has 1 unspecified atom stereocenters. The largest absolute Gasteiger partial charge is 0.367 e. The van der Waals surface area contributed by atoms with E-state index < -0.39 is 0 Å². The summed E-state index contributed by atoms with van der Waals surface area (Å²) in [6.45, 7) is 1.59. The molecular formula is C17H20Br2ClNO. The van der Waals surface area contributed by atoms with Crippen molar-refractivity contribution < 1.29 is 4.74 Å². The number of benzene rings is 2. The second-order valence-corrected chi connectivity index (χ2v) is 6.33. The van der Waals surface area contributed by atoms with Crippen molar-refractivity contribution in [3.63, 3.8) is 0 Å². The van der Waals surface area contributed by atoms with Crippen LogP contribution < -0.4 is 0 Å². The smallest absolute Gasteiger partial charge is 0.108 e. The number of likely N-dealkylation sites (N-methyl/N-ethyl adjacent to an activating group) is 1. The van der Waals surface area contributed by atoms with Crippen molar-refractivity contribution >= 4 is 44.3 Å². The zero-order valence-electron chi connectivity index (χ0n) is 12.4. The van der Waals surface area contributed by atoms with Gasteiger partial charge in [-0.3, -0.25) is 4.90 Å². The molecule has 0 amide bonds. The van der Waals surface area contributed by atoms with Crippen LogP contribution in [0.15, 0.2) is 59.1 Å². The quantitative estimate of drug-likeness (QED) is 0.422. The van der Waals surface area contributed by atoms with Crippen molar-refractivity contribution in [3.8, 4) is 0 Å². The van der Waals surface area contributed by atoms with Crippen LogP contribution in [0.1, 0.15) is 17.2 Å². The van der Waals surface area contributed by atoms with Crippen LogP contribution in [0.4, 0.5) is 0 Å². The average Bonchev–Trinajstić information content (AvgIpc) is 2.53. The lowest BCUT2D eigenvalue weighted by Crippen LogP contribution is -2.22. The second kappa shape index (κ2) is 10.4. The summed E-state index contributed by atoms with van der Waals surface area (Å²) in [5.74, 6) is 0. The Morgan fingerprint density at radius 3 is 2.18 bits per heavy atom. The molecule has 0 radical (unpaired) electrons. The van der Waals surface area contributed by atoms with Gasteiger partial charge in [0.25, 0.3) is 0 Å². The van der Waals surface area contributed by atoms with Crippen molar-refractivity contribution in [2.45, 2.75) is 6.10 Å².